The van der Waals surface area contributed by atoms with Gasteiger partial charge in [-0.2, -0.15) is 0 Å². The number of nitrogens with zero attached hydrogens (tertiary/aromatic N) is 5. The molecule has 5 heterocycles. The van der Waals surface area contributed by atoms with Gasteiger partial charge in [0.25, 0.3) is 11.8 Å². The second-order valence-corrected chi connectivity index (χ2v) is 9.69. The maximum Gasteiger partial charge on any atom is 0.262 e. The Kier molecular flexibility index (Phi) is 6.21. The van der Waals surface area contributed by atoms with Crippen LogP contribution in [0.4, 0.5) is 21.7 Å². The summed E-state index contributed by atoms with van der Waals surface area (Å²) in [5.41, 5.74) is 1.01. The van der Waals surface area contributed by atoms with Gasteiger partial charge < -0.3 is 10.2 Å². The average Bonchev–Trinajstić information content (AvgIpc) is 3.18. The molecule has 0 spiro atoms. The Morgan fingerprint density at radius 1 is 0.897 bits per heavy atom. The van der Waals surface area contributed by atoms with E-state index in [1.165, 1.54) is 6.07 Å². The molecule has 12 heteroatoms. The molecule has 1 unspecified atom stereocenters. The first-order valence-electron chi connectivity index (χ1n) is 12.7. The first kappa shape index (κ1) is 24.6. The topological polar surface area (TPSA) is 137 Å². The van der Waals surface area contributed by atoms with Crippen LogP contribution in [-0.2, 0) is 9.59 Å². The molecule has 198 valence electrons. The molecule has 39 heavy (non-hydrogen) atoms. The molecule has 3 aliphatic rings. The van der Waals surface area contributed by atoms with Crippen LogP contribution in [0.2, 0.25) is 0 Å². The van der Waals surface area contributed by atoms with E-state index in [9.17, 15) is 19.2 Å². The van der Waals surface area contributed by atoms with Crippen molar-refractivity contribution in [2.75, 3.05) is 23.3 Å². The van der Waals surface area contributed by atoms with E-state index in [0.29, 0.717) is 37.6 Å². The predicted molar refractivity (Wildman–Crippen MR) is 137 cm³/mol. The third-order valence-corrected chi connectivity index (χ3v) is 7.37. The number of hydrogen-bond acceptors (Lipinski definition) is 9. The number of rotatable bonds is 5. The lowest BCUT2D eigenvalue weighted by Crippen LogP contribution is -2.54. The Bertz CT molecular complexity index is 1490. The maximum atomic E-state index is 15.3. The van der Waals surface area contributed by atoms with Gasteiger partial charge in [0.2, 0.25) is 11.8 Å². The highest BCUT2D eigenvalue weighted by atomic mass is 19.1. The number of fused-ring (bicyclic) bond motifs is 1. The summed E-state index contributed by atoms with van der Waals surface area (Å²) in [6.07, 6.45) is 6.33. The van der Waals surface area contributed by atoms with Crippen molar-refractivity contribution in [2.24, 2.45) is 0 Å². The second kappa shape index (κ2) is 9.86. The molecule has 2 fully saturated rings. The predicted octanol–water partition coefficient (Wildman–Crippen LogP) is 2.54. The van der Waals surface area contributed by atoms with Crippen molar-refractivity contribution in [1.29, 1.82) is 0 Å². The molecular formula is C27H24FN7O4. The standard InChI is InChI=1S/C27H24FN7O4/c28-18-13-16-17(27(39)35(26(16)38)19-4-5-22(36)33-25(19)37)14-20(18)34-11-6-15(7-12-34)23-24(31-10-9-30-23)32-21-3-1-2-8-29-21/h1-3,8-10,13-15,19H,4-7,11-12H2,(H,29,31,32)(H,33,36,37). The number of hydrogen-bond donors (Lipinski definition) is 2. The van der Waals surface area contributed by atoms with Gasteiger partial charge in [0, 0.05) is 44.0 Å². The first-order chi connectivity index (χ1) is 18.9. The van der Waals surface area contributed by atoms with E-state index >= 15 is 4.39 Å². The van der Waals surface area contributed by atoms with Gasteiger partial charge in [-0.1, -0.05) is 6.07 Å². The van der Waals surface area contributed by atoms with Crippen LogP contribution < -0.4 is 15.5 Å². The number of anilines is 3. The van der Waals surface area contributed by atoms with Crippen molar-refractivity contribution in [3.63, 3.8) is 0 Å². The SMILES string of the molecule is O=C1CCC(N2C(=O)c3cc(F)c(N4CCC(c5nccnc5Nc5ccccn5)CC4)cc3C2=O)C(=O)N1. The molecular weight excluding hydrogens is 505 g/mol. The number of pyridine rings is 1. The fourth-order valence-electron chi connectivity index (χ4n) is 5.42. The number of carbonyl (C=O) groups is 4. The third kappa shape index (κ3) is 4.47. The van der Waals surface area contributed by atoms with Crippen molar-refractivity contribution in [1.82, 2.24) is 25.2 Å². The van der Waals surface area contributed by atoms with Crippen LogP contribution in [0.15, 0.2) is 48.9 Å². The normalized spacial score (nSPS) is 19.8. The Morgan fingerprint density at radius 2 is 1.64 bits per heavy atom. The molecule has 3 aliphatic heterocycles. The summed E-state index contributed by atoms with van der Waals surface area (Å²) in [6.45, 7) is 0.998. The van der Waals surface area contributed by atoms with Gasteiger partial charge in [-0.15, -0.1) is 0 Å². The zero-order valence-electron chi connectivity index (χ0n) is 20.8. The zero-order valence-corrected chi connectivity index (χ0v) is 20.8. The van der Waals surface area contributed by atoms with Crippen LogP contribution in [0, 0.1) is 5.82 Å². The number of nitrogens with one attached hydrogen (secondary N) is 2. The fraction of sp³-hybridized carbons (Fsp3) is 0.296. The Hall–Kier alpha value is -4.74. The minimum absolute atomic E-state index is 0.0171. The summed E-state index contributed by atoms with van der Waals surface area (Å²) in [4.78, 5) is 65.9. The summed E-state index contributed by atoms with van der Waals surface area (Å²) in [5.74, 6) is -1.82. The van der Waals surface area contributed by atoms with Crippen LogP contribution in [-0.4, -0.2) is 62.6 Å². The molecule has 2 N–H and O–H groups in total. The molecule has 3 aromatic rings. The minimum atomic E-state index is -1.10. The van der Waals surface area contributed by atoms with E-state index in [1.807, 2.05) is 23.1 Å². The van der Waals surface area contributed by atoms with Gasteiger partial charge in [-0.3, -0.25) is 34.4 Å². The molecule has 1 atom stereocenters. The fourth-order valence-corrected chi connectivity index (χ4v) is 5.42. The highest BCUT2D eigenvalue weighted by molar-refractivity contribution is 6.23. The molecule has 0 bridgehead atoms. The summed E-state index contributed by atoms with van der Waals surface area (Å²) in [7, 11) is 0. The van der Waals surface area contributed by atoms with Crippen molar-refractivity contribution in [3.8, 4) is 0 Å². The first-order valence-corrected chi connectivity index (χ1v) is 12.7. The number of carbonyl (C=O) groups excluding carboxylic acids is 4. The molecule has 4 amide bonds. The van der Waals surface area contributed by atoms with E-state index in [1.54, 1.807) is 18.6 Å². The largest absolute Gasteiger partial charge is 0.369 e. The van der Waals surface area contributed by atoms with Gasteiger partial charge in [0.1, 0.15) is 17.7 Å². The summed E-state index contributed by atoms with van der Waals surface area (Å²) in [5, 5.41) is 5.38. The number of benzene rings is 1. The summed E-state index contributed by atoms with van der Waals surface area (Å²) < 4.78 is 15.3. The molecule has 0 aliphatic carbocycles. The third-order valence-electron chi connectivity index (χ3n) is 7.37. The highest BCUT2D eigenvalue weighted by Crippen LogP contribution is 2.37. The summed E-state index contributed by atoms with van der Waals surface area (Å²) >= 11 is 0. The van der Waals surface area contributed by atoms with Crippen LogP contribution in [0.5, 0.6) is 0 Å². The van der Waals surface area contributed by atoms with Gasteiger partial charge in [0.05, 0.1) is 22.5 Å². The maximum absolute atomic E-state index is 15.3. The second-order valence-electron chi connectivity index (χ2n) is 9.69. The number of piperidine rings is 2. The number of amides is 4. The van der Waals surface area contributed by atoms with Crippen molar-refractivity contribution < 1.29 is 23.6 Å². The van der Waals surface area contributed by atoms with Gasteiger partial charge in [0.15, 0.2) is 5.82 Å². The van der Waals surface area contributed by atoms with Crippen LogP contribution in [0.25, 0.3) is 0 Å². The van der Waals surface area contributed by atoms with Crippen molar-refractivity contribution in [3.05, 3.63) is 71.6 Å². The van der Waals surface area contributed by atoms with E-state index in [0.717, 1.165) is 16.7 Å². The quantitative estimate of drug-likeness (QED) is 0.478. The van der Waals surface area contributed by atoms with Crippen LogP contribution >= 0.6 is 0 Å². The van der Waals surface area contributed by atoms with E-state index < -0.39 is 35.5 Å². The minimum Gasteiger partial charge on any atom is -0.369 e. The van der Waals surface area contributed by atoms with E-state index in [4.69, 9.17) is 0 Å². The van der Waals surface area contributed by atoms with Crippen LogP contribution in [0.1, 0.15) is 58.0 Å². The van der Waals surface area contributed by atoms with E-state index in [2.05, 4.69) is 25.6 Å². The Morgan fingerprint density at radius 3 is 2.36 bits per heavy atom. The number of halogens is 1. The lowest BCUT2D eigenvalue weighted by atomic mass is 9.92. The lowest BCUT2D eigenvalue weighted by molar-refractivity contribution is -0.136. The van der Waals surface area contributed by atoms with Gasteiger partial charge in [-0.25, -0.2) is 14.4 Å². The molecule has 1 aromatic carbocycles. The van der Waals surface area contributed by atoms with Gasteiger partial charge in [-0.05, 0) is 43.5 Å². The van der Waals surface area contributed by atoms with Crippen molar-refractivity contribution >= 4 is 41.0 Å². The monoisotopic (exact) mass is 529 g/mol. The Balaban J connectivity index is 1.19. The van der Waals surface area contributed by atoms with Crippen molar-refractivity contribution in [2.45, 2.75) is 37.6 Å². The molecule has 0 radical (unpaired) electrons. The number of imide groups is 2. The molecule has 2 aromatic heterocycles. The lowest BCUT2D eigenvalue weighted by Gasteiger charge is -2.34. The highest BCUT2D eigenvalue weighted by Gasteiger charge is 2.45. The molecule has 0 saturated carbocycles. The average molecular weight is 530 g/mol. The summed E-state index contributed by atoms with van der Waals surface area (Å²) in [6, 6.07) is 6.90. The zero-order chi connectivity index (χ0) is 27.1. The number of aromatic nitrogens is 3. The molecule has 2 saturated heterocycles. The van der Waals surface area contributed by atoms with E-state index in [-0.39, 0.29) is 35.6 Å². The van der Waals surface area contributed by atoms with Gasteiger partial charge >= 0.3 is 0 Å². The molecule has 11 nitrogen and oxygen atoms in total. The molecule has 6 rings (SSSR count). The van der Waals surface area contributed by atoms with Crippen LogP contribution in [0.3, 0.4) is 0 Å². The Labute approximate surface area is 222 Å². The smallest absolute Gasteiger partial charge is 0.262 e.